The predicted molar refractivity (Wildman–Crippen MR) is 92.3 cm³/mol. The lowest BCUT2D eigenvalue weighted by Crippen LogP contribution is -2.36. The van der Waals surface area contributed by atoms with Crippen LogP contribution >= 0.6 is 7.75 Å². The van der Waals surface area contributed by atoms with Crippen LogP contribution in [0.15, 0.2) is 29.3 Å². The first-order valence-electron chi connectivity index (χ1n) is 7.05. The number of aliphatic imine (C=N–C) groups is 1. The molecule has 1 unspecified atom stereocenters. The molecule has 0 spiro atoms. The van der Waals surface area contributed by atoms with Crippen molar-refractivity contribution in [3.8, 4) is 0 Å². The molecule has 2 amide bonds. The van der Waals surface area contributed by atoms with Crippen molar-refractivity contribution in [3.63, 3.8) is 0 Å². The van der Waals surface area contributed by atoms with Crippen molar-refractivity contribution in [2.75, 3.05) is 37.3 Å². The van der Waals surface area contributed by atoms with Crippen LogP contribution in [0.4, 0.5) is 16.2 Å². The molecular formula is C14H23N4O4P. The Hall–Kier alpha value is -1.89. The normalized spacial score (nSPS) is 14.1. The highest BCUT2D eigenvalue weighted by atomic mass is 31.2. The third-order valence-corrected chi connectivity index (χ3v) is 4.76. The Labute approximate surface area is 136 Å². The van der Waals surface area contributed by atoms with Gasteiger partial charge in [-0.3, -0.25) is 9.52 Å². The zero-order chi connectivity index (χ0) is 17.6. The molecule has 0 saturated carbocycles. The Balaban J connectivity index is 3.19. The maximum atomic E-state index is 12.3. The van der Waals surface area contributed by atoms with E-state index in [1.807, 2.05) is 18.9 Å². The van der Waals surface area contributed by atoms with Gasteiger partial charge in [-0.1, -0.05) is 0 Å². The van der Waals surface area contributed by atoms with Crippen LogP contribution in [-0.2, 0) is 9.09 Å². The molecule has 1 aromatic carbocycles. The summed E-state index contributed by atoms with van der Waals surface area (Å²) in [5.41, 5.74) is 1.09. The molecule has 1 rings (SSSR count). The van der Waals surface area contributed by atoms with Crippen LogP contribution in [0, 0.1) is 0 Å². The van der Waals surface area contributed by atoms with Crippen molar-refractivity contribution < 1.29 is 18.8 Å². The average molecular weight is 342 g/mol. The van der Waals surface area contributed by atoms with Crippen molar-refractivity contribution >= 4 is 31.0 Å². The van der Waals surface area contributed by atoms with Crippen molar-refractivity contribution in [1.82, 2.24) is 5.32 Å². The molecule has 0 aromatic heterocycles. The number of hydrogen-bond donors (Lipinski definition) is 2. The van der Waals surface area contributed by atoms with Gasteiger partial charge in [0.1, 0.15) is 0 Å². The topological polar surface area (TPSA) is 94.5 Å². The number of anilines is 2. The first-order valence-corrected chi connectivity index (χ1v) is 8.58. The number of amides is 2. The maximum absolute atomic E-state index is 12.3. The van der Waals surface area contributed by atoms with E-state index >= 15 is 0 Å². The van der Waals surface area contributed by atoms with Crippen LogP contribution in [0.2, 0.25) is 0 Å². The molecule has 0 fully saturated rings. The molecular weight excluding hydrogens is 319 g/mol. The second-order valence-corrected chi connectivity index (χ2v) is 6.26. The highest BCUT2D eigenvalue weighted by Crippen LogP contribution is 2.49. The zero-order valence-corrected chi connectivity index (χ0v) is 14.9. The zero-order valence-electron chi connectivity index (χ0n) is 14.0. The number of carbonyl (C=O) groups is 1. The molecule has 0 aliphatic rings. The number of benzene rings is 1. The van der Waals surface area contributed by atoms with E-state index in [-0.39, 0.29) is 12.3 Å². The molecule has 23 heavy (non-hydrogen) atoms. The van der Waals surface area contributed by atoms with Crippen LogP contribution in [0.5, 0.6) is 0 Å². The average Bonchev–Trinajstić information content (AvgIpc) is 2.53. The molecule has 9 heteroatoms. The minimum atomic E-state index is -4.28. The van der Waals surface area contributed by atoms with Crippen molar-refractivity contribution in [2.45, 2.75) is 13.8 Å². The van der Waals surface area contributed by atoms with E-state index in [9.17, 15) is 14.3 Å². The van der Waals surface area contributed by atoms with Gasteiger partial charge < -0.3 is 15.1 Å². The maximum Gasteiger partial charge on any atom is 0.440 e. The third-order valence-electron chi connectivity index (χ3n) is 3.25. The Morgan fingerprint density at radius 3 is 2.30 bits per heavy atom. The monoisotopic (exact) mass is 342 g/mol. The van der Waals surface area contributed by atoms with Gasteiger partial charge in [-0.25, -0.2) is 9.36 Å². The number of nitrogens with zero attached hydrogens (tertiary/aromatic N) is 3. The van der Waals surface area contributed by atoms with Crippen molar-refractivity contribution in [3.05, 3.63) is 24.3 Å². The fourth-order valence-electron chi connectivity index (χ4n) is 1.86. The van der Waals surface area contributed by atoms with Gasteiger partial charge in [0.25, 0.3) is 0 Å². The van der Waals surface area contributed by atoms with Crippen LogP contribution in [0.3, 0.4) is 0 Å². The van der Waals surface area contributed by atoms with Crippen LogP contribution in [-0.4, -0.2) is 44.5 Å². The highest BCUT2D eigenvalue weighted by Gasteiger charge is 2.35. The summed E-state index contributed by atoms with van der Waals surface area (Å²) in [6, 6.07) is 5.88. The van der Waals surface area contributed by atoms with Gasteiger partial charge in [0.15, 0.2) is 0 Å². The van der Waals surface area contributed by atoms with Crippen molar-refractivity contribution in [1.29, 1.82) is 0 Å². The molecule has 0 saturated heterocycles. The molecule has 0 radical (unpaired) electrons. The highest BCUT2D eigenvalue weighted by molar-refractivity contribution is 7.55. The Bertz CT molecular complexity index is 618. The summed E-state index contributed by atoms with van der Waals surface area (Å²) in [6.45, 7) is 3.45. The molecule has 0 bridgehead atoms. The fourth-order valence-corrected chi connectivity index (χ4v) is 3.07. The van der Waals surface area contributed by atoms with E-state index in [2.05, 4.69) is 10.3 Å². The molecule has 1 aromatic rings. The van der Waals surface area contributed by atoms with Gasteiger partial charge in [0.2, 0.25) is 0 Å². The van der Waals surface area contributed by atoms with Crippen LogP contribution in [0.25, 0.3) is 0 Å². The van der Waals surface area contributed by atoms with E-state index < -0.39 is 13.8 Å². The number of urea groups is 1. The van der Waals surface area contributed by atoms with Gasteiger partial charge in [-0.2, -0.15) is 4.67 Å². The van der Waals surface area contributed by atoms with Gasteiger partial charge in [-0.15, -0.1) is 0 Å². The summed E-state index contributed by atoms with van der Waals surface area (Å²) >= 11 is 0. The molecule has 0 aliphatic carbocycles. The Morgan fingerprint density at radius 1 is 1.35 bits per heavy atom. The van der Waals surface area contributed by atoms with Gasteiger partial charge >= 0.3 is 13.8 Å². The Morgan fingerprint density at radius 2 is 1.87 bits per heavy atom. The lowest BCUT2D eigenvalue weighted by molar-refractivity contribution is 0.242. The number of amidine groups is 1. The summed E-state index contributed by atoms with van der Waals surface area (Å²) in [7, 11) is 0.647. The summed E-state index contributed by atoms with van der Waals surface area (Å²) in [5, 5.41) is 2.34. The quantitative estimate of drug-likeness (QED) is 0.487. The number of hydrogen-bond acceptors (Lipinski definition) is 4. The fraction of sp³-hybridized carbons (Fsp3) is 0.429. The van der Waals surface area contributed by atoms with Gasteiger partial charge in [-0.05, 0) is 38.1 Å². The number of nitrogens with one attached hydrogen (secondary N) is 1. The van der Waals surface area contributed by atoms with Crippen LogP contribution in [0.1, 0.15) is 13.8 Å². The molecule has 1 atom stereocenters. The standard InChI is InChI=1S/C14H23N4O4P/c1-6-22-23(20,21)18(14(19)16-4)13-9-7-12(8-10-13)17(5)11(2)15-3/h7-10H,6H2,1-5H3,(H,16,19)(H,20,21). The van der Waals surface area contributed by atoms with Gasteiger partial charge in [0.05, 0.1) is 18.1 Å². The number of carbonyl (C=O) groups excluding carboxylic acids is 1. The first-order chi connectivity index (χ1) is 10.8. The summed E-state index contributed by atoms with van der Waals surface area (Å²) in [6.07, 6.45) is 0. The van der Waals surface area contributed by atoms with E-state index in [0.29, 0.717) is 0 Å². The largest absolute Gasteiger partial charge is 0.440 e. The SMILES string of the molecule is CCOP(=O)(O)N(C(=O)NC)c1ccc(N(C)C(C)=NC)cc1. The van der Waals surface area contributed by atoms with E-state index in [1.54, 1.807) is 38.2 Å². The minimum absolute atomic E-state index is 0.00819. The summed E-state index contributed by atoms with van der Waals surface area (Å²) < 4.78 is 17.8. The second-order valence-electron chi connectivity index (χ2n) is 4.62. The molecule has 0 heterocycles. The summed E-state index contributed by atoms with van der Waals surface area (Å²) in [5.74, 6) is 0.808. The predicted octanol–water partition coefficient (Wildman–Crippen LogP) is 2.45. The molecule has 0 aliphatic heterocycles. The Kier molecular flexibility index (Phi) is 6.75. The lowest BCUT2D eigenvalue weighted by atomic mass is 10.2. The molecule has 128 valence electrons. The summed E-state index contributed by atoms with van der Waals surface area (Å²) in [4.78, 5) is 27.9. The smallest absolute Gasteiger partial charge is 0.340 e. The second kappa shape index (κ2) is 8.10. The van der Waals surface area contributed by atoms with E-state index in [0.717, 1.165) is 16.2 Å². The third kappa shape index (κ3) is 4.54. The van der Waals surface area contributed by atoms with Gasteiger partial charge in [0, 0.05) is 26.8 Å². The van der Waals surface area contributed by atoms with E-state index in [1.165, 1.54) is 7.05 Å². The molecule has 8 nitrogen and oxygen atoms in total. The first kappa shape index (κ1) is 19.2. The van der Waals surface area contributed by atoms with E-state index in [4.69, 9.17) is 4.52 Å². The minimum Gasteiger partial charge on any atom is -0.340 e. The van der Waals surface area contributed by atoms with Crippen molar-refractivity contribution in [2.24, 2.45) is 4.99 Å². The lowest BCUT2D eigenvalue weighted by Gasteiger charge is -2.26. The number of rotatable bonds is 5. The van der Waals surface area contributed by atoms with Crippen LogP contribution < -0.4 is 14.9 Å². The molecule has 2 N–H and O–H groups in total.